The normalized spacial score (nSPS) is 13.3. The van der Waals surface area contributed by atoms with E-state index >= 15 is 0 Å². The van der Waals surface area contributed by atoms with Gasteiger partial charge in [-0.15, -0.1) is 0 Å². The van der Waals surface area contributed by atoms with Crippen LogP contribution in [0.3, 0.4) is 0 Å². The van der Waals surface area contributed by atoms with Gasteiger partial charge in [0.1, 0.15) is 0 Å². The highest BCUT2D eigenvalue weighted by Gasteiger charge is 2.23. The third kappa shape index (κ3) is 3.19. The molecule has 7 heteroatoms. The lowest BCUT2D eigenvalue weighted by molar-refractivity contribution is -0.121. The van der Waals surface area contributed by atoms with E-state index in [9.17, 15) is 14.4 Å². The molecule has 0 saturated heterocycles. The fourth-order valence-corrected chi connectivity index (χ4v) is 2.68. The third-order valence-electron chi connectivity index (χ3n) is 3.91. The first-order valence-corrected chi connectivity index (χ1v) is 7.66. The van der Waals surface area contributed by atoms with Gasteiger partial charge in [-0.25, -0.2) is 9.48 Å². The molecule has 7 nitrogen and oxygen atoms in total. The SMILES string of the molecule is Cn1nc(C(=O)OCC(=O)N2CCCc3ccccc32)ccc1=O. The van der Waals surface area contributed by atoms with Crippen molar-refractivity contribution in [1.29, 1.82) is 0 Å². The Morgan fingerprint density at radius 1 is 1.21 bits per heavy atom. The van der Waals surface area contributed by atoms with Crippen molar-refractivity contribution in [3.05, 3.63) is 58.0 Å². The van der Waals surface area contributed by atoms with Gasteiger partial charge < -0.3 is 9.64 Å². The molecule has 1 aromatic heterocycles. The van der Waals surface area contributed by atoms with Gasteiger partial charge in [-0.2, -0.15) is 5.10 Å². The fraction of sp³-hybridized carbons (Fsp3) is 0.294. The molecule has 0 spiro atoms. The van der Waals surface area contributed by atoms with Gasteiger partial charge in [-0.1, -0.05) is 18.2 Å². The van der Waals surface area contributed by atoms with E-state index in [0.717, 1.165) is 28.8 Å². The summed E-state index contributed by atoms with van der Waals surface area (Å²) in [6, 6.07) is 10.2. The molecule has 124 valence electrons. The minimum Gasteiger partial charge on any atom is -0.451 e. The summed E-state index contributed by atoms with van der Waals surface area (Å²) in [6.45, 7) is 0.239. The Morgan fingerprint density at radius 3 is 2.79 bits per heavy atom. The number of rotatable bonds is 3. The lowest BCUT2D eigenvalue weighted by Crippen LogP contribution is -2.38. The Labute approximate surface area is 138 Å². The lowest BCUT2D eigenvalue weighted by atomic mass is 10.0. The molecule has 2 aromatic rings. The van der Waals surface area contributed by atoms with E-state index < -0.39 is 5.97 Å². The van der Waals surface area contributed by atoms with Crippen LogP contribution in [0.2, 0.25) is 0 Å². The van der Waals surface area contributed by atoms with Gasteiger partial charge in [0.15, 0.2) is 12.3 Å². The first-order valence-electron chi connectivity index (χ1n) is 7.66. The largest absolute Gasteiger partial charge is 0.451 e. The lowest BCUT2D eigenvalue weighted by Gasteiger charge is -2.29. The number of aromatic nitrogens is 2. The van der Waals surface area contributed by atoms with Gasteiger partial charge >= 0.3 is 5.97 Å². The molecule has 2 heterocycles. The molecule has 3 rings (SSSR count). The Hall–Kier alpha value is -2.96. The monoisotopic (exact) mass is 327 g/mol. The number of carbonyl (C=O) groups is 2. The Bertz CT molecular complexity index is 844. The number of esters is 1. The highest BCUT2D eigenvalue weighted by atomic mass is 16.5. The molecule has 1 amide bonds. The maximum atomic E-state index is 12.4. The number of nitrogens with zero attached hydrogens (tertiary/aromatic N) is 3. The second-order valence-corrected chi connectivity index (χ2v) is 5.53. The van der Waals surface area contributed by atoms with Gasteiger partial charge in [-0.05, 0) is 30.5 Å². The fourth-order valence-electron chi connectivity index (χ4n) is 2.68. The maximum Gasteiger partial charge on any atom is 0.359 e. The van der Waals surface area contributed by atoms with E-state index in [1.54, 1.807) is 4.90 Å². The summed E-state index contributed by atoms with van der Waals surface area (Å²) in [7, 11) is 1.44. The number of fused-ring (bicyclic) bond motifs is 1. The summed E-state index contributed by atoms with van der Waals surface area (Å²) < 4.78 is 6.09. The molecular formula is C17H17N3O4. The van der Waals surface area contributed by atoms with Gasteiger partial charge in [0, 0.05) is 25.3 Å². The number of ether oxygens (including phenoxy) is 1. The highest BCUT2D eigenvalue weighted by molar-refractivity contribution is 5.97. The van der Waals surface area contributed by atoms with Crippen LogP contribution in [0.15, 0.2) is 41.2 Å². The summed E-state index contributed by atoms with van der Waals surface area (Å²) in [5, 5.41) is 3.80. The zero-order chi connectivity index (χ0) is 17.1. The summed E-state index contributed by atoms with van der Waals surface area (Å²) in [5.41, 5.74) is 1.64. The number of benzene rings is 1. The molecular weight excluding hydrogens is 310 g/mol. The van der Waals surface area contributed by atoms with Crippen molar-refractivity contribution >= 4 is 17.6 Å². The molecule has 1 aromatic carbocycles. The molecule has 0 atom stereocenters. The molecule has 1 aliphatic heterocycles. The van der Waals surface area contributed by atoms with Crippen molar-refractivity contribution in [1.82, 2.24) is 9.78 Å². The number of amides is 1. The van der Waals surface area contributed by atoms with E-state index in [0.29, 0.717) is 6.54 Å². The van der Waals surface area contributed by atoms with Crippen LogP contribution in [0.4, 0.5) is 5.69 Å². The average Bonchev–Trinajstić information content (AvgIpc) is 2.61. The molecule has 24 heavy (non-hydrogen) atoms. The van der Waals surface area contributed by atoms with E-state index in [4.69, 9.17) is 4.74 Å². The topological polar surface area (TPSA) is 81.5 Å². The molecule has 0 saturated carbocycles. The molecule has 0 fully saturated rings. The number of hydrogen-bond donors (Lipinski definition) is 0. The number of hydrogen-bond acceptors (Lipinski definition) is 5. The van der Waals surface area contributed by atoms with Crippen LogP contribution < -0.4 is 10.5 Å². The summed E-state index contributed by atoms with van der Waals surface area (Å²) in [6.07, 6.45) is 1.81. The first-order chi connectivity index (χ1) is 11.6. The maximum absolute atomic E-state index is 12.4. The zero-order valence-corrected chi connectivity index (χ0v) is 13.3. The van der Waals surface area contributed by atoms with Crippen LogP contribution in [0.1, 0.15) is 22.5 Å². The van der Waals surface area contributed by atoms with E-state index in [1.165, 1.54) is 19.2 Å². The van der Waals surface area contributed by atoms with Crippen molar-refractivity contribution in [3.63, 3.8) is 0 Å². The van der Waals surface area contributed by atoms with Crippen molar-refractivity contribution in [3.8, 4) is 0 Å². The van der Waals surface area contributed by atoms with E-state index in [-0.39, 0.29) is 23.8 Å². The van der Waals surface area contributed by atoms with Gasteiger partial charge in [0.05, 0.1) is 0 Å². The number of para-hydroxylation sites is 1. The second kappa shape index (κ2) is 6.66. The number of aryl methyl sites for hydroxylation is 2. The van der Waals surface area contributed by atoms with Crippen LogP contribution >= 0.6 is 0 Å². The molecule has 0 radical (unpaired) electrons. The molecule has 0 N–H and O–H groups in total. The summed E-state index contributed by atoms with van der Waals surface area (Å²) >= 11 is 0. The van der Waals surface area contributed by atoms with Crippen LogP contribution in [0.25, 0.3) is 0 Å². The molecule has 0 unspecified atom stereocenters. The molecule has 0 bridgehead atoms. The second-order valence-electron chi connectivity index (χ2n) is 5.53. The third-order valence-corrected chi connectivity index (χ3v) is 3.91. The van der Waals surface area contributed by atoms with Gasteiger partial charge in [0.2, 0.25) is 0 Å². The Morgan fingerprint density at radius 2 is 2.00 bits per heavy atom. The predicted octanol–water partition coefficient (Wildman–Crippen LogP) is 0.916. The smallest absolute Gasteiger partial charge is 0.359 e. The van der Waals surface area contributed by atoms with Crippen molar-refractivity contribution in [2.75, 3.05) is 18.1 Å². The average molecular weight is 327 g/mol. The number of carbonyl (C=O) groups excluding carboxylic acids is 2. The van der Waals surface area contributed by atoms with Gasteiger partial charge in [-0.3, -0.25) is 9.59 Å². The minimum absolute atomic E-state index is 0.0102. The van der Waals surface area contributed by atoms with E-state index in [1.807, 2.05) is 24.3 Å². The van der Waals surface area contributed by atoms with Crippen LogP contribution in [0, 0.1) is 0 Å². The Balaban J connectivity index is 1.67. The summed E-state index contributed by atoms with van der Waals surface area (Å²) in [4.78, 5) is 37.3. The van der Waals surface area contributed by atoms with Crippen molar-refractivity contribution in [2.24, 2.45) is 7.05 Å². The minimum atomic E-state index is -0.732. The van der Waals surface area contributed by atoms with E-state index in [2.05, 4.69) is 5.10 Å². The highest BCUT2D eigenvalue weighted by Crippen LogP contribution is 2.26. The van der Waals surface area contributed by atoms with Crippen LogP contribution in [-0.4, -0.2) is 34.8 Å². The van der Waals surface area contributed by atoms with Crippen molar-refractivity contribution in [2.45, 2.75) is 12.8 Å². The number of anilines is 1. The van der Waals surface area contributed by atoms with Crippen LogP contribution in [-0.2, 0) is 23.0 Å². The van der Waals surface area contributed by atoms with Gasteiger partial charge in [0.25, 0.3) is 11.5 Å². The summed E-state index contributed by atoms with van der Waals surface area (Å²) in [5.74, 6) is -1.01. The first kappa shape index (κ1) is 15.9. The van der Waals surface area contributed by atoms with Crippen molar-refractivity contribution < 1.29 is 14.3 Å². The Kier molecular flexibility index (Phi) is 4.41. The standard InChI is InChI=1S/C17H17N3O4/c1-19-15(21)9-8-13(18-19)17(23)24-11-16(22)20-10-4-6-12-5-2-3-7-14(12)20/h2-3,5,7-9H,4,6,10-11H2,1H3. The molecule has 1 aliphatic rings. The van der Waals surface area contributed by atoms with Crippen LogP contribution in [0.5, 0.6) is 0 Å². The quantitative estimate of drug-likeness (QED) is 0.783. The molecule has 0 aliphatic carbocycles. The zero-order valence-electron chi connectivity index (χ0n) is 13.3. The predicted molar refractivity (Wildman–Crippen MR) is 86.9 cm³/mol.